The molecule has 3 rings (SSSR count). The average Bonchev–Trinajstić information content (AvgIpc) is 2.26. The highest BCUT2D eigenvalue weighted by molar-refractivity contribution is 5.46. The maximum absolute atomic E-state index is 5.71. The summed E-state index contributed by atoms with van der Waals surface area (Å²) in [4.78, 5) is 4.29. The van der Waals surface area contributed by atoms with Gasteiger partial charge in [-0.15, -0.1) is 0 Å². The molecule has 0 spiro atoms. The monoisotopic (exact) mass is 201 g/mol. The van der Waals surface area contributed by atoms with E-state index in [0.717, 1.165) is 23.6 Å². The van der Waals surface area contributed by atoms with Crippen LogP contribution in [0.5, 0.6) is 11.5 Å². The molecule has 0 atom stereocenters. The van der Waals surface area contributed by atoms with Gasteiger partial charge in [-0.2, -0.15) is 0 Å². The number of rotatable bonds is 0. The van der Waals surface area contributed by atoms with Gasteiger partial charge in [0.05, 0.1) is 5.69 Å². The van der Waals surface area contributed by atoms with E-state index in [9.17, 15) is 0 Å². The van der Waals surface area contributed by atoms with Crippen molar-refractivity contribution < 1.29 is 10.2 Å². The molecule has 15 heavy (non-hydrogen) atoms. The number of benzene rings is 1. The molecule has 1 aromatic heterocycles. The summed E-state index contributed by atoms with van der Waals surface area (Å²) in [5.74, 6) is 1.83. The Morgan fingerprint density at radius 2 is 1.80 bits per heavy atom. The Hall–Kier alpha value is -1.87. The summed E-state index contributed by atoms with van der Waals surface area (Å²) < 4.78 is 5.71. The molecule has 1 aliphatic heterocycles. The smallest absolute Gasteiger partial charge is 0.149 e. The zero-order valence-electron chi connectivity index (χ0n) is 8.10. The van der Waals surface area contributed by atoms with Crippen molar-refractivity contribution in [1.82, 2.24) is 4.98 Å². The molecule has 76 valence electrons. The summed E-state index contributed by atoms with van der Waals surface area (Å²) in [6.07, 6.45) is 2.67. The first-order chi connectivity index (χ1) is 6.93. The standard InChI is InChI=1S/C12H9NO.H2O/c1-2-5-11-9(4-1)8-10-12(14-11)6-3-7-13-10;/h1-7H,8H2;1H2. The number of hydrogen-bond donors (Lipinski definition) is 0. The summed E-state index contributed by atoms with van der Waals surface area (Å²) in [5.41, 5.74) is 2.23. The van der Waals surface area contributed by atoms with Crippen LogP contribution in [0.15, 0.2) is 42.6 Å². The Kier molecular flexibility index (Phi) is 2.39. The van der Waals surface area contributed by atoms with Crippen LogP contribution in [0.2, 0.25) is 0 Å². The van der Waals surface area contributed by atoms with E-state index in [-0.39, 0.29) is 5.48 Å². The van der Waals surface area contributed by atoms with E-state index < -0.39 is 0 Å². The molecule has 0 fully saturated rings. The minimum Gasteiger partial charge on any atom is -0.455 e. The van der Waals surface area contributed by atoms with Gasteiger partial charge in [-0.05, 0) is 18.2 Å². The van der Waals surface area contributed by atoms with E-state index in [0.29, 0.717) is 0 Å². The second kappa shape index (κ2) is 3.71. The zero-order valence-corrected chi connectivity index (χ0v) is 8.10. The molecule has 0 aliphatic carbocycles. The molecular formula is C12H11NO2. The first-order valence-corrected chi connectivity index (χ1v) is 4.63. The Labute approximate surface area is 87.7 Å². The number of pyridine rings is 1. The lowest BCUT2D eigenvalue weighted by Crippen LogP contribution is -2.04. The van der Waals surface area contributed by atoms with Crippen molar-refractivity contribution >= 4 is 0 Å². The zero-order chi connectivity index (χ0) is 9.38. The highest BCUT2D eigenvalue weighted by Crippen LogP contribution is 2.34. The summed E-state index contributed by atoms with van der Waals surface area (Å²) in [5, 5.41) is 0. The lowest BCUT2D eigenvalue weighted by Gasteiger charge is -2.18. The van der Waals surface area contributed by atoms with Gasteiger partial charge in [0.1, 0.15) is 11.5 Å². The van der Waals surface area contributed by atoms with Gasteiger partial charge in [0.25, 0.3) is 0 Å². The second-order valence-corrected chi connectivity index (χ2v) is 3.33. The molecule has 2 N–H and O–H groups in total. The predicted molar refractivity (Wildman–Crippen MR) is 57.2 cm³/mol. The second-order valence-electron chi connectivity index (χ2n) is 3.33. The van der Waals surface area contributed by atoms with E-state index in [1.807, 2.05) is 30.3 Å². The summed E-state index contributed by atoms with van der Waals surface area (Å²) in [7, 11) is 0. The van der Waals surface area contributed by atoms with Gasteiger partial charge in [-0.3, -0.25) is 4.98 Å². The molecule has 2 aromatic rings. The highest BCUT2D eigenvalue weighted by atomic mass is 16.5. The predicted octanol–water partition coefficient (Wildman–Crippen LogP) is 1.95. The first kappa shape index (κ1) is 9.68. The van der Waals surface area contributed by atoms with E-state index in [2.05, 4.69) is 11.1 Å². The number of ether oxygens (including phenoxy) is 1. The molecule has 0 unspecified atom stereocenters. The molecule has 3 heteroatoms. The van der Waals surface area contributed by atoms with Gasteiger partial charge in [0, 0.05) is 18.2 Å². The largest absolute Gasteiger partial charge is 0.455 e. The maximum atomic E-state index is 5.71. The van der Waals surface area contributed by atoms with Gasteiger partial charge in [-0.1, -0.05) is 18.2 Å². The Morgan fingerprint density at radius 1 is 1.00 bits per heavy atom. The van der Waals surface area contributed by atoms with Crippen LogP contribution in [0.4, 0.5) is 0 Å². The number of aromatic nitrogens is 1. The average molecular weight is 201 g/mol. The third kappa shape index (κ3) is 1.57. The molecule has 0 saturated heterocycles. The van der Waals surface area contributed by atoms with E-state index in [4.69, 9.17) is 4.74 Å². The normalized spacial score (nSPS) is 11.7. The van der Waals surface area contributed by atoms with Crippen LogP contribution in [0.3, 0.4) is 0 Å². The molecular weight excluding hydrogens is 190 g/mol. The van der Waals surface area contributed by atoms with Gasteiger partial charge < -0.3 is 10.2 Å². The van der Waals surface area contributed by atoms with E-state index in [1.165, 1.54) is 5.56 Å². The summed E-state index contributed by atoms with van der Waals surface area (Å²) >= 11 is 0. The van der Waals surface area contributed by atoms with Crippen LogP contribution in [0.1, 0.15) is 11.3 Å². The van der Waals surface area contributed by atoms with Crippen LogP contribution >= 0.6 is 0 Å². The topological polar surface area (TPSA) is 53.6 Å². The van der Waals surface area contributed by atoms with Crippen LogP contribution in [0, 0.1) is 0 Å². The molecule has 2 heterocycles. The summed E-state index contributed by atoms with van der Waals surface area (Å²) in [6.45, 7) is 0. The molecule has 0 saturated carbocycles. The van der Waals surface area contributed by atoms with E-state index >= 15 is 0 Å². The molecule has 3 nitrogen and oxygen atoms in total. The molecule has 1 aromatic carbocycles. The number of para-hydroxylation sites is 1. The van der Waals surface area contributed by atoms with Gasteiger partial charge in [0.2, 0.25) is 0 Å². The Balaban J connectivity index is 0.000000853. The Morgan fingerprint density at radius 3 is 2.73 bits per heavy atom. The highest BCUT2D eigenvalue weighted by Gasteiger charge is 2.16. The number of nitrogens with zero attached hydrogens (tertiary/aromatic N) is 1. The van der Waals surface area contributed by atoms with Crippen molar-refractivity contribution in [2.45, 2.75) is 6.42 Å². The number of hydrogen-bond acceptors (Lipinski definition) is 2. The first-order valence-electron chi connectivity index (χ1n) is 4.63. The van der Waals surface area contributed by atoms with Crippen molar-refractivity contribution in [1.29, 1.82) is 0 Å². The minimum atomic E-state index is 0. The fourth-order valence-electron chi connectivity index (χ4n) is 1.70. The van der Waals surface area contributed by atoms with Crippen LogP contribution < -0.4 is 4.74 Å². The van der Waals surface area contributed by atoms with Crippen molar-refractivity contribution in [2.75, 3.05) is 0 Å². The SMILES string of the molecule is O.c1ccc2c(c1)Cc1ncccc1O2. The van der Waals surface area contributed by atoms with Crippen LogP contribution in [0.25, 0.3) is 0 Å². The van der Waals surface area contributed by atoms with Crippen LogP contribution in [-0.2, 0) is 6.42 Å². The van der Waals surface area contributed by atoms with Crippen molar-refractivity contribution in [3.05, 3.63) is 53.9 Å². The van der Waals surface area contributed by atoms with Gasteiger partial charge in [-0.25, -0.2) is 0 Å². The fourth-order valence-corrected chi connectivity index (χ4v) is 1.70. The lowest BCUT2D eigenvalue weighted by molar-refractivity contribution is 0.455. The third-order valence-corrected chi connectivity index (χ3v) is 2.40. The maximum Gasteiger partial charge on any atom is 0.149 e. The van der Waals surface area contributed by atoms with Crippen molar-refractivity contribution in [3.63, 3.8) is 0 Å². The molecule has 1 aliphatic rings. The fraction of sp³-hybridized carbons (Fsp3) is 0.0833. The Bertz CT molecular complexity index is 395. The molecule has 0 radical (unpaired) electrons. The molecule has 0 bridgehead atoms. The third-order valence-electron chi connectivity index (χ3n) is 2.40. The van der Waals surface area contributed by atoms with E-state index in [1.54, 1.807) is 6.20 Å². The van der Waals surface area contributed by atoms with Crippen molar-refractivity contribution in [2.24, 2.45) is 0 Å². The van der Waals surface area contributed by atoms with Gasteiger partial charge in [0.15, 0.2) is 0 Å². The minimum absolute atomic E-state index is 0. The van der Waals surface area contributed by atoms with Crippen molar-refractivity contribution in [3.8, 4) is 11.5 Å². The van der Waals surface area contributed by atoms with Gasteiger partial charge >= 0.3 is 0 Å². The quantitative estimate of drug-likeness (QED) is 0.558. The van der Waals surface area contributed by atoms with Crippen LogP contribution in [-0.4, -0.2) is 10.5 Å². The molecule has 0 amide bonds. The number of fused-ring (bicyclic) bond motifs is 2. The lowest BCUT2D eigenvalue weighted by atomic mass is 10.1. The summed E-state index contributed by atoms with van der Waals surface area (Å²) in [6, 6.07) is 11.9.